The maximum Gasteiger partial charge on any atom is 0.274 e. The smallest absolute Gasteiger partial charge is 0.274 e. The minimum Gasteiger partial charge on any atom is -0.389 e. The summed E-state index contributed by atoms with van der Waals surface area (Å²) in [4.78, 5) is 13.7. The van der Waals surface area contributed by atoms with Crippen LogP contribution < -0.4 is 0 Å². The number of rotatable bonds is 4. The predicted octanol–water partition coefficient (Wildman–Crippen LogP) is 2.37. The molecule has 0 saturated heterocycles. The molecule has 0 aliphatic carbocycles. The molecule has 0 fully saturated rings. The van der Waals surface area contributed by atoms with Gasteiger partial charge >= 0.3 is 0 Å². The molecular weight excluding hydrogens is 290 g/mol. The second-order valence-corrected chi connectivity index (χ2v) is 6.04. The SMILES string of the molecule is CN(CC(C)(C)O)C(=O)c1ccn(-c2cccc(Cl)c2)n1. The Labute approximate surface area is 128 Å². The first kappa shape index (κ1) is 15.5. The largest absolute Gasteiger partial charge is 0.389 e. The summed E-state index contributed by atoms with van der Waals surface area (Å²) < 4.78 is 1.59. The molecule has 2 aromatic rings. The van der Waals surface area contributed by atoms with Gasteiger partial charge in [-0.15, -0.1) is 0 Å². The van der Waals surface area contributed by atoms with Crippen LogP contribution in [0.2, 0.25) is 5.02 Å². The normalized spacial score (nSPS) is 11.5. The lowest BCUT2D eigenvalue weighted by Gasteiger charge is -2.24. The van der Waals surface area contributed by atoms with Gasteiger partial charge in [0.05, 0.1) is 11.3 Å². The van der Waals surface area contributed by atoms with Crippen molar-refractivity contribution in [1.29, 1.82) is 0 Å². The van der Waals surface area contributed by atoms with Gasteiger partial charge in [0.25, 0.3) is 5.91 Å². The molecule has 0 unspecified atom stereocenters. The first-order chi connectivity index (χ1) is 9.76. The summed E-state index contributed by atoms with van der Waals surface area (Å²) in [5, 5.41) is 14.6. The second-order valence-electron chi connectivity index (χ2n) is 5.60. The van der Waals surface area contributed by atoms with Crippen molar-refractivity contribution in [3.05, 3.63) is 47.2 Å². The lowest BCUT2D eigenvalue weighted by atomic mass is 10.1. The highest BCUT2D eigenvalue weighted by Gasteiger charge is 2.21. The van der Waals surface area contributed by atoms with Crippen LogP contribution in [-0.4, -0.2) is 44.9 Å². The van der Waals surface area contributed by atoms with Crippen molar-refractivity contribution in [1.82, 2.24) is 14.7 Å². The standard InChI is InChI=1S/C15H18ClN3O2/c1-15(2,21)10-18(3)14(20)13-7-8-19(17-13)12-6-4-5-11(16)9-12/h4-9,21H,10H2,1-3H3. The lowest BCUT2D eigenvalue weighted by Crippen LogP contribution is -2.39. The van der Waals surface area contributed by atoms with Crippen molar-refractivity contribution in [3.63, 3.8) is 0 Å². The zero-order valence-corrected chi connectivity index (χ0v) is 13.0. The van der Waals surface area contributed by atoms with Crippen molar-refractivity contribution >= 4 is 17.5 Å². The lowest BCUT2D eigenvalue weighted by molar-refractivity contribution is 0.0364. The fourth-order valence-electron chi connectivity index (χ4n) is 2.05. The minimum atomic E-state index is -0.945. The molecule has 2 rings (SSSR count). The average Bonchev–Trinajstić information content (AvgIpc) is 2.85. The number of nitrogens with zero attached hydrogens (tertiary/aromatic N) is 3. The second kappa shape index (κ2) is 5.87. The quantitative estimate of drug-likeness (QED) is 0.943. The molecule has 0 spiro atoms. The summed E-state index contributed by atoms with van der Waals surface area (Å²) in [5.41, 5.74) is 0.161. The monoisotopic (exact) mass is 307 g/mol. The van der Waals surface area contributed by atoms with Crippen LogP contribution in [0.3, 0.4) is 0 Å². The number of halogens is 1. The fraction of sp³-hybridized carbons (Fsp3) is 0.333. The van der Waals surface area contributed by atoms with Crippen molar-refractivity contribution in [2.45, 2.75) is 19.4 Å². The Kier molecular flexibility index (Phi) is 4.34. The fourth-order valence-corrected chi connectivity index (χ4v) is 2.23. The number of carbonyl (C=O) groups is 1. The van der Waals surface area contributed by atoms with Gasteiger partial charge in [-0.2, -0.15) is 5.10 Å². The van der Waals surface area contributed by atoms with Crippen LogP contribution in [0.4, 0.5) is 0 Å². The Bertz CT molecular complexity index is 646. The van der Waals surface area contributed by atoms with Gasteiger partial charge in [-0.25, -0.2) is 4.68 Å². The highest BCUT2D eigenvalue weighted by atomic mass is 35.5. The van der Waals surface area contributed by atoms with Gasteiger partial charge in [0, 0.05) is 24.8 Å². The molecular formula is C15H18ClN3O2. The van der Waals surface area contributed by atoms with Crippen molar-refractivity contribution in [3.8, 4) is 5.69 Å². The van der Waals surface area contributed by atoms with Crippen molar-refractivity contribution < 1.29 is 9.90 Å². The third-order valence-electron chi connectivity index (χ3n) is 2.85. The Morgan fingerprint density at radius 2 is 2.14 bits per heavy atom. The Hall–Kier alpha value is -1.85. The highest BCUT2D eigenvalue weighted by Crippen LogP contribution is 2.15. The number of carbonyl (C=O) groups excluding carboxylic acids is 1. The number of hydrogen-bond donors (Lipinski definition) is 1. The number of aromatic nitrogens is 2. The molecule has 0 radical (unpaired) electrons. The van der Waals surface area contributed by atoms with E-state index in [2.05, 4.69) is 5.10 Å². The van der Waals surface area contributed by atoms with Gasteiger partial charge < -0.3 is 10.0 Å². The van der Waals surface area contributed by atoms with E-state index >= 15 is 0 Å². The molecule has 1 heterocycles. The molecule has 1 N–H and O–H groups in total. The van der Waals surface area contributed by atoms with E-state index in [9.17, 15) is 9.90 Å². The zero-order chi connectivity index (χ0) is 15.6. The number of likely N-dealkylation sites (N-methyl/N-ethyl adjacent to an activating group) is 1. The zero-order valence-electron chi connectivity index (χ0n) is 12.2. The van der Waals surface area contributed by atoms with Crippen LogP contribution in [0.5, 0.6) is 0 Å². The molecule has 1 amide bonds. The molecule has 1 aromatic carbocycles. The third kappa shape index (κ3) is 4.06. The molecule has 6 heteroatoms. The van der Waals surface area contributed by atoms with Gasteiger partial charge in [-0.05, 0) is 38.1 Å². The first-order valence-corrected chi connectivity index (χ1v) is 6.93. The van der Waals surface area contributed by atoms with E-state index in [4.69, 9.17) is 11.6 Å². The minimum absolute atomic E-state index is 0.232. The Morgan fingerprint density at radius 3 is 2.76 bits per heavy atom. The van der Waals surface area contributed by atoms with Crippen LogP contribution in [-0.2, 0) is 0 Å². The van der Waals surface area contributed by atoms with Crippen LogP contribution >= 0.6 is 11.6 Å². The number of benzene rings is 1. The molecule has 0 saturated carbocycles. The van der Waals surface area contributed by atoms with E-state index in [1.165, 1.54) is 4.90 Å². The van der Waals surface area contributed by atoms with Crippen LogP contribution in [0, 0.1) is 0 Å². The summed E-state index contributed by atoms with van der Waals surface area (Å²) >= 11 is 5.94. The van der Waals surface area contributed by atoms with Crippen molar-refractivity contribution in [2.24, 2.45) is 0 Å². The van der Waals surface area contributed by atoms with Gasteiger partial charge in [0.1, 0.15) is 0 Å². The summed E-state index contributed by atoms with van der Waals surface area (Å²) in [5.74, 6) is -0.238. The van der Waals surface area contributed by atoms with Crippen LogP contribution in [0.1, 0.15) is 24.3 Å². The molecule has 0 aliphatic heterocycles. The molecule has 5 nitrogen and oxygen atoms in total. The molecule has 112 valence electrons. The number of hydrogen-bond acceptors (Lipinski definition) is 3. The summed E-state index contributed by atoms with van der Waals surface area (Å²) in [6.07, 6.45) is 1.71. The molecule has 0 atom stereocenters. The first-order valence-electron chi connectivity index (χ1n) is 6.56. The van der Waals surface area contributed by atoms with E-state index < -0.39 is 5.60 Å². The van der Waals surface area contributed by atoms with E-state index in [0.717, 1.165) is 5.69 Å². The van der Waals surface area contributed by atoms with E-state index in [1.54, 1.807) is 50.0 Å². The summed E-state index contributed by atoms with van der Waals surface area (Å²) in [6, 6.07) is 8.86. The Morgan fingerprint density at radius 1 is 1.43 bits per heavy atom. The number of aliphatic hydroxyl groups is 1. The molecule has 0 aliphatic rings. The third-order valence-corrected chi connectivity index (χ3v) is 3.09. The topological polar surface area (TPSA) is 58.4 Å². The maximum absolute atomic E-state index is 12.2. The highest BCUT2D eigenvalue weighted by molar-refractivity contribution is 6.30. The maximum atomic E-state index is 12.2. The molecule has 0 bridgehead atoms. The van der Waals surface area contributed by atoms with Crippen LogP contribution in [0.25, 0.3) is 5.69 Å². The van der Waals surface area contributed by atoms with Gasteiger partial charge in [0.2, 0.25) is 0 Å². The van der Waals surface area contributed by atoms with Gasteiger partial charge in [-0.3, -0.25) is 4.79 Å². The number of amides is 1. The summed E-state index contributed by atoms with van der Waals surface area (Å²) in [6.45, 7) is 3.54. The van der Waals surface area contributed by atoms with E-state index in [0.29, 0.717) is 10.7 Å². The van der Waals surface area contributed by atoms with E-state index in [1.807, 2.05) is 12.1 Å². The van der Waals surface area contributed by atoms with E-state index in [-0.39, 0.29) is 12.5 Å². The van der Waals surface area contributed by atoms with Crippen LogP contribution in [0.15, 0.2) is 36.5 Å². The molecule has 1 aromatic heterocycles. The summed E-state index contributed by atoms with van der Waals surface area (Å²) in [7, 11) is 1.64. The molecule has 21 heavy (non-hydrogen) atoms. The van der Waals surface area contributed by atoms with Gasteiger partial charge in [-0.1, -0.05) is 17.7 Å². The van der Waals surface area contributed by atoms with Gasteiger partial charge in [0.15, 0.2) is 5.69 Å². The van der Waals surface area contributed by atoms with Crippen molar-refractivity contribution in [2.75, 3.05) is 13.6 Å². The average molecular weight is 308 g/mol. The predicted molar refractivity (Wildman–Crippen MR) is 81.8 cm³/mol. The Balaban J connectivity index is 2.18.